The Hall–Kier alpha value is -1.43. The van der Waals surface area contributed by atoms with Crippen molar-refractivity contribution >= 4 is 17.7 Å². The van der Waals surface area contributed by atoms with Crippen LogP contribution in [0.25, 0.3) is 0 Å². The molecule has 0 aromatic heterocycles. The van der Waals surface area contributed by atoms with E-state index in [4.69, 9.17) is 5.11 Å². The minimum Gasteiger partial charge on any atom is -0.473 e. The average Bonchev–Trinajstić information content (AvgIpc) is 2.97. The largest absolute Gasteiger partial charge is 0.473 e. The first kappa shape index (κ1) is 21.8. The number of carbonyl (C=O) groups is 3. The lowest BCUT2D eigenvalue weighted by Gasteiger charge is -2.63. The van der Waals surface area contributed by atoms with Crippen molar-refractivity contribution in [1.82, 2.24) is 0 Å². The van der Waals surface area contributed by atoms with Gasteiger partial charge in [-0.25, -0.2) is 9.59 Å². The van der Waals surface area contributed by atoms with E-state index in [1.807, 2.05) is 6.92 Å². The maximum atomic E-state index is 12.9. The van der Waals surface area contributed by atoms with Crippen LogP contribution in [-0.4, -0.2) is 40.1 Å². The van der Waals surface area contributed by atoms with Crippen molar-refractivity contribution < 1.29 is 29.3 Å². The molecule has 0 aromatic carbocycles. The molecule has 4 fully saturated rings. The van der Waals surface area contributed by atoms with Crippen LogP contribution >= 0.6 is 0 Å². The van der Waals surface area contributed by atoms with Crippen LogP contribution in [0.2, 0.25) is 0 Å². The van der Waals surface area contributed by atoms with Crippen molar-refractivity contribution in [3.05, 3.63) is 0 Å². The van der Waals surface area contributed by atoms with Crippen molar-refractivity contribution in [2.45, 2.75) is 84.2 Å². The van der Waals surface area contributed by atoms with Crippen molar-refractivity contribution in [3.63, 3.8) is 0 Å². The van der Waals surface area contributed by atoms with Crippen molar-refractivity contribution in [3.8, 4) is 0 Å². The molecule has 0 amide bonds. The Bertz CT molecular complexity index is 748. The normalized spacial score (nSPS) is 47.5. The summed E-state index contributed by atoms with van der Waals surface area (Å²) < 4.78 is 4.67. The van der Waals surface area contributed by atoms with Gasteiger partial charge in [0, 0.05) is 11.3 Å². The van der Waals surface area contributed by atoms with E-state index in [1.165, 1.54) is 19.3 Å². The predicted octanol–water partition coefficient (Wildman–Crippen LogP) is 3.59. The second kappa shape index (κ2) is 7.32. The van der Waals surface area contributed by atoms with E-state index < -0.39 is 29.6 Å². The van der Waals surface area contributed by atoms with Gasteiger partial charge in [0.1, 0.15) is 0 Å². The predicted molar refractivity (Wildman–Crippen MR) is 109 cm³/mol. The molecule has 168 valence electrons. The zero-order chi connectivity index (χ0) is 21.9. The third kappa shape index (κ3) is 3.04. The smallest absolute Gasteiger partial charge is 0.417 e. The molecule has 0 radical (unpaired) electrons. The van der Waals surface area contributed by atoms with Gasteiger partial charge in [-0.15, -0.1) is 0 Å². The van der Waals surface area contributed by atoms with Crippen LogP contribution in [0.1, 0.15) is 78.6 Å². The number of fused-ring (bicyclic) bond motifs is 5. The first-order chi connectivity index (χ1) is 14.0. The zero-order valence-electron chi connectivity index (χ0n) is 18.5. The van der Waals surface area contributed by atoms with Gasteiger partial charge >= 0.3 is 11.9 Å². The number of Topliss-reactive ketones (excluding diaryl/α,β-unsaturated/α-hetero) is 1. The summed E-state index contributed by atoms with van der Waals surface area (Å²) in [6.45, 7) is 6.33. The lowest BCUT2D eigenvalue weighted by atomic mass is 9.43. The van der Waals surface area contributed by atoms with Crippen LogP contribution in [0.3, 0.4) is 0 Å². The molecule has 0 bridgehead atoms. The monoisotopic (exact) mass is 420 g/mol. The summed E-state index contributed by atoms with van der Waals surface area (Å²) in [5, 5.41) is 20.7. The van der Waals surface area contributed by atoms with Gasteiger partial charge in [0.15, 0.2) is 12.4 Å². The maximum absolute atomic E-state index is 12.9. The molecule has 0 spiro atoms. The molecular weight excluding hydrogens is 384 g/mol. The van der Waals surface area contributed by atoms with Crippen molar-refractivity contribution in [2.75, 3.05) is 6.61 Å². The molecule has 6 heteroatoms. The Morgan fingerprint density at radius 2 is 1.70 bits per heavy atom. The van der Waals surface area contributed by atoms with Gasteiger partial charge in [-0.1, -0.05) is 27.2 Å². The highest BCUT2D eigenvalue weighted by Crippen LogP contribution is 2.69. The molecule has 2 unspecified atom stereocenters. The average molecular weight is 421 g/mol. The highest BCUT2D eigenvalue weighted by molar-refractivity contribution is 6.28. The SMILES string of the molecule is C[C@H]1CC[C@]2(C)C3CC[C@]4(C)[C@@H](C(=O)COC(=O)C(=O)O)CC[C@]4(O)C3CC[C@@H]2C1. The van der Waals surface area contributed by atoms with E-state index in [0.29, 0.717) is 18.8 Å². The number of rotatable bonds is 3. The highest BCUT2D eigenvalue weighted by Gasteiger charge is 2.68. The van der Waals surface area contributed by atoms with Crippen molar-refractivity contribution in [2.24, 2.45) is 40.4 Å². The Morgan fingerprint density at radius 1 is 0.967 bits per heavy atom. The van der Waals surface area contributed by atoms with E-state index in [1.54, 1.807) is 0 Å². The lowest BCUT2D eigenvalue weighted by Crippen LogP contribution is -2.62. The van der Waals surface area contributed by atoms with Gasteiger partial charge in [-0.05, 0) is 80.5 Å². The Kier molecular flexibility index (Phi) is 5.32. The second-order valence-corrected chi connectivity index (χ2v) is 11.2. The van der Waals surface area contributed by atoms with E-state index >= 15 is 0 Å². The molecule has 30 heavy (non-hydrogen) atoms. The summed E-state index contributed by atoms with van der Waals surface area (Å²) in [7, 11) is 0. The van der Waals surface area contributed by atoms with E-state index in [2.05, 4.69) is 18.6 Å². The number of carboxylic acids is 1. The molecule has 6 nitrogen and oxygen atoms in total. The third-order valence-corrected chi connectivity index (χ3v) is 10.0. The number of hydrogen-bond acceptors (Lipinski definition) is 5. The molecule has 0 heterocycles. The molecule has 8 atom stereocenters. The van der Waals surface area contributed by atoms with E-state index in [-0.39, 0.29) is 23.0 Å². The van der Waals surface area contributed by atoms with Crippen molar-refractivity contribution in [1.29, 1.82) is 0 Å². The topological polar surface area (TPSA) is 101 Å². The van der Waals surface area contributed by atoms with Crippen LogP contribution in [0.15, 0.2) is 0 Å². The number of carbonyl (C=O) groups excluding carboxylic acids is 2. The molecule has 4 aliphatic carbocycles. The fraction of sp³-hybridized carbons (Fsp3) is 0.875. The van der Waals surface area contributed by atoms with Gasteiger partial charge in [0.25, 0.3) is 0 Å². The van der Waals surface area contributed by atoms with Crippen LogP contribution in [0.4, 0.5) is 0 Å². The fourth-order valence-electron chi connectivity index (χ4n) is 8.25. The number of esters is 1. The van der Waals surface area contributed by atoms with Gasteiger partial charge in [0.05, 0.1) is 5.60 Å². The zero-order valence-corrected chi connectivity index (χ0v) is 18.5. The molecule has 4 saturated carbocycles. The van der Waals surface area contributed by atoms with Gasteiger partial charge in [-0.2, -0.15) is 0 Å². The molecule has 4 aliphatic rings. The van der Waals surface area contributed by atoms with E-state index in [0.717, 1.165) is 37.5 Å². The number of ether oxygens (including phenoxy) is 1. The summed E-state index contributed by atoms with van der Waals surface area (Å²) in [5.41, 5.74) is -1.12. The minimum atomic E-state index is -1.69. The first-order valence-corrected chi connectivity index (χ1v) is 11.7. The van der Waals surface area contributed by atoms with Gasteiger partial charge in [0.2, 0.25) is 0 Å². The molecule has 0 aliphatic heterocycles. The van der Waals surface area contributed by atoms with Gasteiger partial charge in [-0.3, -0.25) is 4.79 Å². The number of hydrogen-bond donors (Lipinski definition) is 2. The molecular formula is C24H36O6. The Morgan fingerprint density at radius 3 is 2.40 bits per heavy atom. The fourth-order valence-corrected chi connectivity index (χ4v) is 8.25. The summed E-state index contributed by atoms with van der Waals surface area (Å²) in [4.78, 5) is 34.8. The van der Waals surface area contributed by atoms with Crippen LogP contribution in [0, 0.1) is 40.4 Å². The summed E-state index contributed by atoms with van der Waals surface area (Å²) in [5.74, 6) is -1.49. The number of aliphatic carboxylic acids is 1. The van der Waals surface area contributed by atoms with Crippen LogP contribution in [-0.2, 0) is 19.1 Å². The lowest BCUT2D eigenvalue weighted by molar-refractivity contribution is -0.208. The van der Waals surface area contributed by atoms with Crippen LogP contribution in [0.5, 0.6) is 0 Å². The number of ketones is 1. The second-order valence-electron chi connectivity index (χ2n) is 11.2. The summed E-state index contributed by atoms with van der Waals surface area (Å²) >= 11 is 0. The Balaban J connectivity index is 1.54. The molecule has 4 rings (SSSR count). The minimum absolute atomic E-state index is 0.213. The van der Waals surface area contributed by atoms with Gasteiger partial charge < -0.3 is 14.9 Å². The number of aliphatic hydroxyl groups is 1. The Labute approximate surface area is 178 Å². The molecule has 2 N–H and O–H groups in total. The quantitative estimate of drug-likeness (QED) is 0.534. The maximum Gasteiger partial charge on any atom is 0.417 e. The third-order valence-electron chi connectivity index (χ3n) is 10.0. The van der Waals surface area contributed by atoms with Crippen LogP contribution < -0.4 is 0 Å². The highest BCUT2D eigenvalue weighted by atomic mass is 16.6. The summed E-state index contributed by atoms with van der Waals surface area (Å²) in [6, 6.07) is 0. The molecule has 0 saturated heterocycles. The first-order valence-electron chi connectivity index (χ1n) is 11.7. The summed E-state index contributed by atoms with van der Waals surface area (Å²) in [6.07, 6.45) is 9.00. The van der Waals surface area contributed by atoms with E-state index in [9.17, 15) is 19.5 Å². The standard InChI is InChI=1S/C24H36O6/c1-14-6-9-22(2)15(12-14)4-5-17-16(22)7-10-23(3)18(8-11-24(17,23)29)19(25)13-30-21(28)20(26)27/h14-18,29H,4-13H2,1-3H3,(H,26,27)/t14-,15+,16?,17?,18+,22-,23+,24-/m0/s1. The molecule has 0 aromatic rings. The number of carboxylic acid groups (broad SMARTS) is 1.